The van der Waals surface area contributed by atoms with Gasteiger partial charge in [-0.25, -0.2) is 0 Å². The summed E-state index contributed by atoms with van der Waals surface area (Å²) in [6.07, 6.45) is 1.72. The van der Waals surface area contributed by atoms with Crippen LogP contribution in [0.15, 0.2) is 18.2 Å². The first-order valence-electron chi connectivity index (χ1n) is 7.64. The molecule has 1 aromatic heterocycles. The van der Waals surface area contributed by atoms with Crippen molar-refractivity contribution < 1.29 is 9.53 Å². The lowest BCUT2D eigenvalue weighted by Crippen LogP contribution is -2.34. The van der Waals surface area contributed by atoms with Gasteiger partial charge < -0.3 is 15.4 Å². The SMILES string of the molecule is COc1ccc(NC(=O)C2CCNCC2)cc1-n1nnnc1C. The standard InChI is InChI=1S/C15H20N6O2/c1-10-18-19-20-21(10)13-9-12(3-4-14(13)23-2)17-15(22)11-5-7-16-8-6-11/h3-4,9,11,16H,5-8H2,1-2H3,(H,17,22). The summed E-state index contributed by atoms with van der Waals surface area (Å²) in [4.78, 5) is 12.4. The molecule has 0 saturated carbocycles. The van der Waals surface area contributed by atoms with Crippen LogP contribution in [0, 0.1) is 12.8 Å². The van der Waals surface area contributed by atoms with Crippen LogP contribution in [0.25, 0.3) is 5.69 Å². The van der Waals surface area contributed by atoms with Gasteiger partial charge in [0.05, 0.1) is 7.11 Å². The molecule has 1 fully saturated rings. The molecule has 8 nitrogen and oxygen atoms in total. The number of nitrogens with zero attached hydrogens (tertiary/aromatic N) is 4. The monoisotopic (exact) mass is 316 g/mol. The van der Waals surface area contributed by atoms with E-state index >= 15 is 0 Å². The van der Waals surface area contributed by atoms with Crippen LogP contribution in [-0.2, 0) is 4.79 Å². The normalized spacial score (nSPS) is 15.4. The van der Waals surface area contributed by atoms with Crippen LogP contribution in [0.1, 0.15) is 18.7 Å². The number of hydrogen-bond donors (Lipinski definition) is 2. The second kappa shape index (κ2) is 6.74. The van der Waals surface area contributed by atoms with E-state index in [1.165, 1.54) is 0 Å². The van der Waals surface area contributed by atoms with Crippen LogP contribution in [0.5, 0.6) is 5.75 Å². The number of ether oxygens (including phenoxy) is 1. The van der Waals surface area contributed by atoms with Crippen molar-refractivity contribution in [2.45, 2.75) is 19.8 Å². The molecule has 3 rings (SSSR count). The number of hydrogen-bond acceptors (Lipinski definition) is 6. The molecule has 0 bridgehead atoms. The highest BCUT2D eigenvalue weighted by Gasteiger charge is 2.21. The van der Waals surface area contributed by atoms with Gasteiger partial charge in [-0.3, -0.25) is 4.79 Å². The predicted molar refractivity (Wildman–Crippen MR) is 84.7 cm³/mol. The number of carbonyl (C=O) groups excluding carboxylic acids is 1. The van der Waals surface area contributed by atoms with Crippen molar-refractivity contribution in [2.75, 3.05) is 25.5 Å². The summed E-state index contributed by atoms with van der Waals surface area (Å²) in [5.41, 5.74) is 1.40. The molecule has 1 aliphatic rings. The van der Waals surface area contributed by atoms with Crippen LogP contribution >= 0.6 is 0 Å². The number of benzene rings is 1. The molecule has 0 aliphatic carbocycles. The van der Waals surface area contributed by atoms with Crippen molar-refractivity contribution in [3.05, 3.63) is 24.0 Å². The average Bonchev–Trinajstić information content (AvgIpc) is 3.01. The van der Waals surface area contributed by atoms with Gasteiger partial charge in [-0.2, -0.15) is 4.68 Å². The first-order chi connectivity index (χ1) is 11.2. The maximum atomic E-state index is 12.4. The molecule has 2 aromatic rings. The van der Waals surface area contributed by atoms with Crippen LogP contribution < -0.4 is 15.4 Å². The fraction of sp³-hybridized carbons (Fsp3) is 0.467. The van der Waals surface area contributed by atoms with E-state index in [9.17, 15) is 4.79 Å². The molecule has 122 valence electrons. The van der Waals surface area contributed by atoms with E-state index in [0.29, 0.717) is 22.9 Å². The number of piperidine rings is 1. The highest BCUT2D eigenvalue weighted by atomic mass is 16.5. The van der Waals surface area contributed by atoms with Gasteiger partial charge in [-0.1, -0.05) is 0 Å². The zero-order valence-corrected chi connectivity index (χ0v) is 13.2. The summed E-state index contributed by atoms with van der Waals surface area (Å²) in [6.45, 7) is 3.57. The third kappa shape index (κ3) is 3.31. The van der Waals surface area contributed by atoms with Gasteiger partial charge in [-0.15, -0.1) is 5.10 Å². The van der Waals surface area contributed by atoms with Gasteiger partial charge >= 0.3 is 0 Å². The zero-order chi connectivity index (χ0) is 16.2. The maximum Gasteiger partial charge on any atom is 0.227 e. The van der Waals surface area contributed by atoms with E-state index in [4.69, 9.17) is 4.74 Å². The molecular formula is C15H20N6O2. The first kappa shape index (κ1) is 15.4. The Morgan fingerprint density at radius 3 is 2.83 bits per heavy atom. The molecule has 23 heavy (non-hydrogen) atoms. The Labute approximate surface area is 134 Å². The minimum Gasteiger partial charge on any atom is -0.494 e. The summed E-state index contributed by atoms with van der Waals surface area (Å²) >= 11 is 0. The third-order valence-electron chi connectivity index (χ3n) is 4.01. The van der Waals surface area contributed by atoms with Crippen LogP contribution in [0.3, 0.4) is 0 Å². The molecule has 1 aromatic carbocycles. The number of aromatic nitrogens is 4. The molecule has 0 atom stereocenters. The predicted octanol–water partition coefficient (Wildman–Crippen LogP) is 0.917. The number of amides is 1. The summed E-state index contributed by atoms with van der Waals surface area (Å²) in [5, 5.41) is 17.7. The maximum absolute atomic E-state index is 12.4. The van der Waals surface area contributed by atoms with Crippen LogP contribution in [0.4, 0.5) is 5.69 Å². The summed E-state index contributed by atoms with van der Waals surface area (Å²) < 4.78 is 6.95. The van der Waals surface area contributed by atoms with Crippen LogP contribution in [-0.4, -0.2) is 46.3 Å². The second-order valence-corrected chi connectivity index (χ2v) is 5.54. The Morgan fingerprint density at radius 2 is 2.17 bits per heavy atom. The lowest BCUT2D eigenvalue weighted by Gasteiger charge is -2.22. The van der Waals surface area contributed by atoms with E-state index in [2.05, 4.69) is 26.2 Å². The van der Waals surface area contributed by atoms with Gasteiger partial charge in [0, 0.05) is 11.6 Å². The third-order valence-corrected chi connectivity index (χ3v) is 4.01. The van der Waals surface area contributed by atoms with Gasteiger partial charge in [0.1, 0.15) is 11.4 Å². The number of carbonyl (C=O) groups is 1. The minimum absolute atomic E-state index is 0.0519. The molecule has 1 saturated heterocycles. The van der Waals surface area contributed by atoms with Crippen molar-refractivity contribution in [3.63, 3.8) is 0 Å². The molecular weight excluding hydrogens is 296 g/mol. The molecule has 8 heteroatoms. The average molecular weight is 316 g/mol. The summed E-state index contributed by atoms with van der Waals surface area (Å²) in [6, 6.07) is 5.44. The van der Waals surface area contributed by atoms with Gasteiger partial charge in [0.15, 0.2) is 5.82 Å². The fourth-order valence-electron chi connectivity index (χ4n) is 2.72. The summed E-state index contributed by atoms with van der Waals surface area (Å²) in [7, 11) is 1.59. The second-order valence-electron chi connectivity index (χ2n) is 5.54. The largest absolute Gasteiger partial charge is 0.494 e. The molecule has 2 N–H and O–H groups in total. The Hall–Kier alpha value is -2.48. The first-order valence-corrected chi connectivity index (χ1v) is 7.64. The quantitative estimate of drug-likeness (QED) is 0.871. The molecule has 1 aliphatic heterocycles. The Bertz CT molecular complexity index is 693. The lowest BCUT2D eigenvalue weighted by molar-refractivity contribution is -0.120. The van der Waals surface area contributed by atoms with Crippen molar-refractivity contribution in [2.24, 2.45) is 5.92 Å². The molecule has 0 radical (unpaired) electrons. The number of rotatable bonds is 4. The lowest BCUT2D eigenvalue weighted by atomic mass is 9.97. The van der Waals surface area contributed by atoms with Crippen molar-refractivity contribution in [1.82, 2.24) is 25.5 Å². The number of methoxy groups -OCH3 is 1. The number of nitrogens with one attached hydrogen (secondary N) is 2. The Balaban J connectivity index is 1.83. The smallest absolute Gasteiger partial charge is 0.227 e. The molecule has 2 heterocycles. The van der Waals surface area contributed by atoms with Crippen molar-refractivity contribution in [1.29, 1.82) is 0 Å². The number of tetrazole rings is 1. The molecule has 1 amide bonds. The highest BCUT2D eigenvalue weighted by Crippen LogP contribution is 2.27. The Morgan fingerprint density at radius 1 is 1.39 bits per heavy atom. The van der Waals surface area contributed by atoms with E-state index < -0.39 is 0 Å². The van der Waals surface area contributed by atoms with E-state index in [-0.39, 0.29) is 11.8 Å². The Kier molecular flexibility index (Phi) is 4.52. The zero-order valence-electron chi connectivity index (χ0n) is 13.2. The highest BCUT2D eigenvalue weighted by molar-refractivity contribution is 5.93. The van der Waals surface area contributed by atoms with E-state index in [1.807, 2.05) is 12.1 Å². The topological polar surface area (TPSA) is 94.0 Å². The minimum atomic E-state index is 0.0519. The van der Waals surface area contributed by atoms with E-state index in [1.54, 1.807) is 24.8 Å². The molecule has 0 unspecified atom stereocenters. The van der Waals surface area contributed by atoms with Gasteiger partial charge in [0.2, 0.25) is 5.91 Å². The van der Waals surface area contributed by atoms with Crippen molar-refractivity contribution in [3.8, 4) is 11.4 Å². The number of anilines is 1. The number of aryl methyl sites for hydroxylation is 1. The van der Waals surface area contributed by atoms with E-state index in [0.717, 1.165) is 25.9 Å². The van der Waals surface area contributed by atoms with Gasteiger partial charge in [-0.05, 0) is 61.5 Å². The van der Waals surface area contributed by atoms with Crippen molar-refractivity contribution >= 4 is 11.6 Å². The van der Waals surface area contributed by atoms with Crippen LogP contribution in [0.2, 0.25) is 0 Å². The molecule has 0 spiro atoms. The fourth-order valence-corrected chi connectivity index (χ4v) is 2.72. The summed E-state index contributed by atoms with van der Waals surface area (Å²) in [5.74, 6) is 1.39. The van der Waals surface area contributed by atoms with Gasteiger partial charge in [0.25, 0.3) is 0 Å².